The van der Waals surface area contributed by atoms with Crippen molar-refractivity contribution in [3.05, 3.63) is 42.0 Å². The largest absolute Gasteiger partial charge is 0.586 e. The Morgan fingerprint density at radius 2 is 1.89 bits per heavy atom. The normalized spacial score (nSPS) is 15.0. The van der Waals surface area contributed by atoms with Crippen molar-refractivity contribution < 1.29 is 18.3 Å². The maximum atomic E-state index is 12.9. The molecule has 94 valence electrons. The monoisotopic (exact) mass is 261 g/mol. The molecule has 0 spiro atoms. The molecular weight excluding hydrogens is 256 g/mol. The fourth-order valence-corrected chi connectivity index (χ4v) is 1.67. The van der Waals surface area contributed by atoms with Crippen LogP contribution >= 0.6 is 0 Å². The molecule has 0 bridgehead atoms. The number of hydrogen-bond acceptors (Lipinski definition) is 4. The molecule has 0 amide bonds. The minimum atomic E-state index is -3.64. The van der Waals surface area contributed by atoms with Crippen molar-refractivity contribution in [2.24, 2.45) is 0 Å². The molecule has 5 nitrogen and oxygen atoms in total. The Balaban J connectivity index is 2.02. The smallest absolute Gasteiger partial charge is 0.395 e. The van der Waals surface area contributed by atoms with E-state index in [1.807, 2.05) is 0 Å². The first-order chi connectivity index (χ1) is 9.07. The summed E-state index contributed by atoms with van der Waals surface area (Å²) in [5, 5.41) is 0. The van der Waals surface area contributed by atoms with Crippen LogP contribution in [-0.2, 0) is 0 Å². The van der Waals surface area contributed by atoms with E-state index in [-0.39, 0.29) is 17.3 Å². The van der Waals surface area contributed by atoms with Gasteiger partial charge in [0.15, 0.2) is 11.5 Å². The molecule has 2 heterocycles. The summed E-state index contributed by atoms with van der Waals surface area (Å²) in [6, 6.07) is 5.76. The van der Waals surface area contributed by atoms with Gasteiger partial charge in [0.05, 0.1) is 5.69 Å². The lowest BCUT2D eigenvalue weighted by Gasteiger charge is -2.04. The van der Waals surface area contributed by atoms with Gasteiger partial charge in [-0.3, -0.25) is 0 Å². The summed E-state index contributed by atoms with van der Waals surface area (Å²) in [5.41, 5.74) is 0.981. The van der Waals surface area contributed by atoms with E-state index in [1.165, 1.54) is 24.5 Å². The lowest BCUT2D eigenvalue weighted by Crippen LogP contribution is -2.25. The van der Waals surface area contributed by atoms with Crippen LogP contribution in [0.4, 0.5) is 14.6 Å². The predicted octanol–water partition coefficient (Wildman–Crippen LogP) is 3.02. The summed E-state index contributed by atoms with van der Waals surface area (Å²) in [6.07, 6.45) is -2.41. The molecule has 19 heavy (non-hydrogen) atoms. The molecule has 0 aliphatic carbocycles. The first kappa shape index (κ1) is 11.3. The molecule has 0 unspecified atom stereocenters. The highest BCUT2D eigenvalue weighted by molar-refractivity contribution is 5.66. The summed E-state index contributed by atoms with van der Waals surface area (Å²) >= 11 is 0. The SMILES string of the molecule is [C-]#[N+]c1cc(-c2ccc3c(c2)OC(F)(F)O3)ncn1. The molecule has 0 saturated heterocycles. The second kappa shape index (κ2) is 3.88. The molecule has 0 N–H and O–H groups in total. The van der Waals surface area contributed by atoms with Crippen molar-refractivity contribution in [2.45, 2.75) is 6.29 Å². The zero-order valence-corrected chi connectivity index (χ0v) is 9.30. The van der Waals surface area contributed by atoms with Crippen LogP contribution in [0.1, 0.15) is 0 Å². The molecule has 1 aliphatic rings. The minimum Gasteiger partial charge on any atom is -0.395 e. The van der Waals surface area contributed by atoms with E-state index in [4.69, 9.17) is 6.57 Å². The van der Waals surface area contributed by atoms with Gasteiger partial charge in [-0.25, -0.2) is 4.98 Å². The first-order valence-corrected chi connectivity index (χ1v) is 5.17. The average molecular weight is 261 g/mol. The van der Waals surface area contributed by atoms with E-state index < -0.39 is 6.29 Å². The molecule has 0 saturated carbocycles. The molecule has 0 atom stereocenters. The summed E-state index contributed by atoms with van der Waals surface area (Å²) in [4.78, 5) is 10.9. The Labute approximate surface area is 106 Å². The van der Waals surface area contributed by atoms with Crippen molar-refractivity contribution in [2.75, 3.05) is 0 Å². The van der Waals surface area contributed by atoms with E-state index in [9.17, 15) is 8.78 Å². The Kier molecular flexibility index (Phi) is 2.32. The van der Waals surface area contributed by atoms with Gasteiger partial charge in [-0.05, 0) is 24.3 Å². The summed E-state index contributed by atoms with van der Waals surface area (Å²) in [7, 11) is 0. The number of halogens is 2. The van der Waals surface area contributed by atoms with Crippen molar-refractivity contribution in [3.8, 4) is 22.8 Å². The van der Waals surface area contributed by atoms with Gasteiger partial charge < -0.3 is 14.3 Å². The number of alkyl halides is 2. The zero-order chi connectivity index (χ0) is 13.5. The van der Waals surface area contributed by atoms with E-state index >= 15 is 0 Å². The number of aromatic nitrogens is 2. The summed E-state index contributed by atoms with van der Waals surface area (Å²) in [6.45, 7) is 6.87. The third kappa shape index (κ3) is 2.04. The van der Waals surface area contributed by atoms with Gasteiger partial charge in [0, 0.05) is 5.56 Å². The molecule has 0 radical (unpaired) electrons. The molecule has 1 aliphatic heterocycles. The number of ether oxygens (including phenoxy) is 2. The van der Waals surface area contributed by atoms with Crippen LogP contribution in [0.2, 0.25) is 0 Å². The molecule has 1 aromatic carbocycles. The predicted molar refractivity (Wildman–Crippen MR) is 59.9 cm³/mol. The van der Waals surface area contributed by atoms with Crippen LogP contribution in [0.3, 0.4) is 0 Å². The Hall–Kier alpha value is -2.75. The zero-order valence-electron chi connectivity index (χ0n) is 9.30. The molecular formula is C12H5F2N3O2. The summed E-state index contributed by atoms with van der Waals surface area (Å²) in [5.74, 6) is 0.0756. The van der Waals surface area contributed by atoms with Gasteiger partial charge in [0.2, 0.25) is 6.33 Å². The number of fused-ring (bicyclic) bond motifs is 1. The van der Waals surface area contributed by atoms with Crippen LogP contribution in [0, 0.1) is 6.57 Å². The Morgan fingerprint density at radius 3 is 2.68 bits per heavy atom. The fraction of sp³-hybridized carbons (Fsp3) is 0.0833. The van der Waals surface area contributed by atoms with Gasteiger partial charge >= 0.3 is 6.29 Å². The van der Waals surface area contributed by atoms with Crippen LogP contribution in [0.15, 0.2) is 30.6 Å². The first-order valence-electron chi connectivity index (χ1n) is 5.17. The third-order valence-corrected chi connectivity index (χ3v) is 2.46. The third-order valence-electron chi connectivity index (χ3n) is 2.46. The van der Waals surface area contributed by atoms with E-state index in [2.05, 4.69) is 24.3 Å². The molecule has 2 aromatic rings. The maximum Gasteiger partial charge on any atom is 0.586 e. The average Bonchev–Trinajstić information content (AvgIpc) is 2.71. The van der Waals surface area contributed by atoms with Gasteiger partial charge in [-0.1, -0.05) is 6.57 Å². The number of hydrogen-bond donors (Lipinski definition) is 0. The van der Waals surface area contributed by atoms with Crippen molar-refractivity contribution in [1.82, 2.24) is 9.97 Å². The number of rotatable bonds is 1. The quantitative estimate of drug-likeness (QED) is 0.740. The van der Waals surface area contributed by atoms with Crippen LogP contribution in [0.25, 0.3) is 16.1 Å². The van der Waals surface area contributed by atoms with Gasteiger partial charge in [0.1, 0.15) is 0 Å². The Morgan fingerprint density at radius 1 is 1.11 bits per heavy atom. The van der Waals surface area contributed by atoms with Gasteiger partial charge in [0.25, 0.3) is 5.82 Å². The van der Waals surface area contributed by atoms with Crippen LogP contribution < -0.4 is 9.47 Å². The fourth-order valence-electron chi connectivity index (χ4n) is 1.67. The van der Waals surface area contributed by atoms with Crippen molar-refractivity contribution >= 4 is 5.82 Å². The van der Waals surface area contributed by atoms with E-state index in [1.54, 1.807) is 6.07 Å². The van der Waals surface area contributed by atoms with Crippen LogP contribution in [0.5, 0.6) is 11.5 Å². The van der Waals surface area contributed by atoms with Gasteiger partial charge in [-0.15, -0.1) is 13.8 Å². The number of nitrogens with zero attached hydrogens (tertiary/aromatic N) is 3. The van der Waals surface area contributed by atoms with Crippen molar-refractivity contribution in [1.29, 1.82) is 0 Å². The summed E-state index contributed by atoms with van der Waals surface area (Å²) < 4.78 is 34.4. The molecule has 1 aromatic heterocycles. The Bertz CT molecular complexity index is 698. The standard InChI is InChI=1S/C12H5F2N3O2/c1-15-11-5-8(16-6-17-11)7-2-3-9-10(4-7)19-12(13,14)18-9/h2-6H. The highest BCUT2D eigenvalue weighted by Crippen LogP contribution is 2.42. The van der Waals surface area contributed by atoms with E-state index in [0.29, 0.717) is 11.3 Å². The molecule has 7 heteroatoms. The number of benzene rings is 1. The second-order valence-electron chi connectivity index (χ2n) is 3.70. The van der Waals surface area contributed by atoms with Crippen LogP contribution in [-0.4, -0.2) is 16.3 Å². The minimum absolute atomic E-state index is 0.0341. The maximum absolute atomic E-state index is 12.9. The topological polar surface area (TPSA) is 48.6 Å². The lowest BCUT2D eigenvalue weighted by molar-refractivity contribution is -0.286. The highest BCUT2D eigenvalue weighted by atomic mass is 19.3. The van der Waals surface area contributed by atoms with E-state index in [0.717, 1.165) is 0 Å². The molecule has 3 rings (SSSR count). The van der Waals surface area contributed by atoms with Crippen molar-refractivity contribution in [3.63, 3.8) is 0 Å². The second-order valence-corrected chi connectivity index (χ2v) is 3.70. The molecule has 0 fully saturated rings. The highest BCUT2D eigenvalue weighted by Gasteiger charge is 2.43. The van der Waals surface area contributed by atoms with Gasteiger partial charge in [-0.2, -0.15) is 0 Å². The lowest BCUT2D eigenvalue weighted by atomic mass is 10.1.